The largest absolute Gasteiger partial charge is 0.366 e. The first-order valence-corrected chi connectivity index (χ1v) is 5.29. The monoisotopic (exact) mass is 236 g/mol. The van der Waals surface area contributed by atoms with Crippen LogP contribution in [0.5, 0.6) is 0 Å². The van der Waals surface area contributed by atoms with E-state index in [4.69, 9.17) is 4.74 Å². The molecule has 1 atom stereocenters. The molecule has 15 heavy (non-hydrogen) atoms. The molecule has 1 amide bonds. The second-order valence-corrected chi connectivity index (χ2v) is 3.78. The minimum Gasteiger partial charge on any atom is -0.366 e. The number of hydrogen-bond acceptors (Lipinski definition) is 3. The highest BCUT2D eigenvalue weighted by Gasteiger charge is 2.27. The Kier molecular flexibility index (Phi) is 6.89. The van der Waals surface area contributed by atoms with Crippen LogP contribution >= 0.6 is 12.4 Å². The average molecular weight is 237 g/mol. The van der Waals surface area contributed by atoms with Crippen LogP contribution in [0.2, 0.25) is 0 Å². The molecule has 0 bridgehead atoms. The molecule has 0 saturated carbocycles. The number of amides is 1. The summed E-state index contributed by atoms with van der Waals surface area (Å²) in [6, 6.07) is 0.248. The smallest absolute Gasteiger partial charge is 0.253 e. The lowest BCUT2D eigenvalue weighted by Crippen LogP contribution is -2.51. The maximum absolute atomic E-state index is 11.9. The fourth-order valence-electron chi connectivity index (χ4n) is 1.68. The molecule has 4 nitrogen and oxygen atoms in total. The van der Waals surface area contributed by atoms with E-state index < -0.39 is 0 Å². The minimum absolute atomic E-state index is 0. The van der Waals surface area contributed by atoms with Crippen LogP contribution in [0.15, 0.2) is 0 Å². The van der Waals surface area contributed by atoms with Gasteiger partial charge in [-0.2, -0.15) is 0 Å². The van der Waals surface area contributed by atoms with Crippen molar-refractivity contribution in [3.05, 3.63) is 0 Å². The second kappa shape index (κ2) is 7.04. The Labute approximate surface area is 97.8 Å². The molecule has 1 heterocycles. The maximum Gasteiger partial charge on any atom is 0.253 e. The standard InChI is InChI=1S/C10H20N2O2.ClH/c1-4-12(8(2)3)10(13)9-7-11-5-6-14-9;/h8-9,11H,4-7H2,1-3H3;1H. The van der Waals surface area contributed by atoms with E-state index in [1.807, 2.05) is 25.7 Å². The summed E-state index contributed by atoms with van der Waals surface area (Å²) in [5.74, 6) is 0.106. The minimum atomic E-state index is -0.286. The zero-order valence-electron chi connectivity index (χ0n) is 9.66. The van der Waals surface area contributed by atoms with Gasteiger partial charge in [0, 0.05) is 25.7 Å². The third-order valence-electron chi connectivity index (χ3n) is 2.45. The van der Waals surface area contributed by atoms with E-state index in [1.54, 1.807) is 0 Å². The zero-order chi connectivity index (χ0) is 10.6. The van der Waals surface area contributed by atoms with Crippen LogP contribution in [-0.2, 0) is 9.53 Å². The Morgan fingerprint density at radius 1 is 1.60 bits per heavy atom. The van der Waals surface area contributed by atoms with Gasteiger partial charge >= 0.3 is 0 Å². The van der Waals surface area contributed by atoms with E-state index in [2.05, 4.69) is 5.32 Å². The number of hydrogen-bond donors (Lipinski definition) is 1. The van der Waals surface area contributed by atoms with E-state index in [1.165, 1.54) is 0 Å². The zero-order valence-corrected chi connectivity index (χ0v) is 10.5. The van der Waals surface area contributed by atoms with Crippen LogP contribution in [-0.4, -0.2) is 49.2 Å². The summed E-state index contributed by atoms with van der Waals surface area (Å²) in [5, 5.41) is 3.16. The Bertz CT molecular complexity index is 194. The summed E-state index contributed by atoms with van der Waals surface area (Å²) in [6.07, 6.45) is -0.286. The topological polar surface area (TPSA) is 41.6 Å². The number of carbonyl (C=O) groups is 1. The number of carbonyl (C=O) groups excluding carboxylic acids is 1. The SMILES string of the molecule is CCN(C(=O)C1CNCCO1)C(C)C.Cl. The van der Waals surface area contributed by atoms with Gasteiger partial charge in [-0.1, -0.05) is 0 Å². The lowest BCUT2D eigenvalue weighted by molar-refractivity contribution is -0.146. The quantitative estimate of drug-likeness (QED) is 0.783. The van der Waals surface area contributed by atoms with Gasteiger partial charge in [0.2, 0.25) is 0 Å². The summed E-state index contributed by atoms with van der Waals surface area (Å²) in [5.41, 5.74) is 0. The Morgan fingerprint density at radius 2 is 2.27 bits per heavy atom. The molecule has 90 valence electrons. The number of likely N-dealkylation sites (N-methyl/N-ethyl adjacent to an activating group) is 1. The molecule has 0 radical (unpaired) electrons. The van der Waals surface area contributed by atoms with Crippen LogP contribution < -0.4 is 5.32 Å². The second-order valence-electron chi connectivity index (χ2n) is 3.78. The molecule has 0 spiro atoms. The fourth-order valence-corrected chi connectivity index (χ4v) is 1.68. The van der Waals surface area contributed by atoms with Crippen LogP contribution in [0.1, 0.15) is 20.8 Å². The van der Waals surface area contributed by atoms with Gasteiger partial charge in [-0.25, -0.2) is 0 Å². The lowest BCUT2D eigenvalue weighted by Gasteiger charge is -2.31. The Hall–Kier alpha value is -0.320. The van der Waals surface area contributed by atoms with Gasteiger partial charge in [0.15, 0.2) is 0 Å². The van der Waals surface area contributed by atoms with Crippen LogP contribution in [0, 0.1) is 0 Å². The summed E-state index contributed by atoms with van der Waals surface area (Å²) < 4.78 is 5.42. The normalized spacial score (nSPS) is 20.9. The molecule has 0 aromatic carbocycles. The molecule has 0 aliphatic carbocycles. The highest BCUT2D eigenvalue weighted by Crippen LogP contribution is 2.06. The number of halogens is 1. The van der Waals surface area contributed by atoms with Crippen LogP contribution in [0.3, 0.4) is 0 Å². The summed E-state index contributed by atoms with van der Waals surface area (Å²) in [7, 11) is 0. The van der Waals surface area contributed by atoms with Gasteiger partial charge in [0.1, 0.15) is 6.10 Å². The first-order valence-electron chi connectivity index (χ1n) is 5.29. The molecule has 1 fully saturated rings. The number of rotatable bonds is 3. The number of nitrogens with one attached hydrogen (secondary N) is 1. The van der Waals surface area contributed by atoms with Crippen molar-refractivity contribution < 1.29 is 9.53 Å². The van der Waals surface area contributed by atoms with E-state index in [9.17, 15) is 4.79 Å². The third kappa shape index (κ3) is 3.97. The van der Waals surface area contributed by atoms with E-state index >= 15 is 0 Å². The first-order chi connectivity index (χ1) is 6.66. The van der Waals surface area contributed by atoms with Crippen molar-refractivity contribution in [2.45, 2.75) is 32.9 Å². The van der Waals surface area contributed by atoms with E-state index in [0.717, 1.165) is 13.1 Å². The molecule has 1 N–H and O–H groups in total. The molecule has 0 aromatic heterocycles. The molecular weight excluding hydrogens is 216 g/mol. The highest BCUT2D eigenvalue weighted by atomic mass is 35.5. The summed E-state index contributed by atoms with van der Waals surface area (Å²) >= 11 is 0. The van der Waals surface area contributed by atoms with Crippen molar-refractivity contribution in [1.29, 1.82) is 0 Å². The predicted octanol–water partition coefficient (Wildman–Crippen LogP) is 0.653. The molecule has 5 heteroatoms. The van der Waals surface area contributed by atoms with Crippen LogP contribution in [0.4, 0.5) is 0 Å². The van der Waals surface area contributed by atoms with Gasteiger partial charge in [-0.15, -0.1) is 12.4 Å². The molecule has 1 aliphatic heterocycles. The first kappa shape index (κ1) is 14.7. The number of nitrogens with zero attached hydrogens (tertiary/aromatic N) is 1. The summed E-state index contributed by atoms with van der Waals surface area (Å²) in [6.45, 7) is 8.91. The molecule has 0 aromatic rings. The van der Waals surface area contributed by atoms with E-state index in [-0.39, 0.29) is 30.5 Å². The van der Waals surface area contributed by atoms with Crippen molar-refractivity contribution in [3.8, 4) is 0 Å². The van der Waals surface area contributed by atoms with Gasteiger partial charge in [-0.05, 0) is 20.8 Å². The number of ether oxygens (including phenoxy) is 1. The average Bonchev–Trinajstić information content (AvgIpc) is 2.19. The maximum atomic E-state index is 11.9. The molecule has 1 rings (SSSR count). The van der Waals surface area contributed by atoms with Gasteiger partial charge in [0.05, 0.1) is 6.61 Å². The molecule has 1 saturated heterocycles. The lowest BCUT2D eigenvalue weighted by atomic mass is 10.2. The number of morpholine rings is 1. The van der Waals surface area contributed by atoms with Crippen molar-refractivity contribution >= 4 is 18.3 Å². The van der Waals surface area contributed by atoms with Crippen molar-refractivity contribution in [3.63, 3.8) is 0 Å². The molecule has 1 unspecified atom stereocenters. The summed E-state index contributed by atoms with van der Waals surface area (Å²) in [4.78, 5) is 13.8. The van der Waals surface area contributed by atoms with Crippen molar-refractivity contribution in [2.24, 2.45) is 0 Å². The molecular formula is C10H21ClN2O2. The van der Waals surface area contributed by atoms with Gasteiger partial charge in [-0.3, -0.25) is 4.79 Å². The molecule has 1 aliphatic rings. The van der Waals surface area contributed by atoms with Crippen molar-refractivity contribution in [2.75, 3.05) is 26.2 Å². The Balaban J connectivity index is 0.00000196. The highest BCUT2D eigenvalue weighted by molar-refractivity contribution is 5.85. The van der Waals surface area contributed by atoms with Gasteiger partial charge < -0.3 is 15.0 Å². The fraction of sp³-hybridized carbons (Fsp3) is 0.900. The van der Waals surface area contributed by atoms with E-state index in [0.29, 0.717) is 13.2 Å². The Morgan fingerprint density at radius 3 is 2.67 bits per heavy atom. The van der Waals surface area contributed by atoms with Gasteiger partial charge in [0.25, 0.3) is 5.91 Å². The van der Waals surface area contributed by atoms with Crippen LogP contribution in [0.25, 0.3) is 0 Å². The van der Waals surface area contributed by atoms with Crippen molar-refractivity contribution in [1.82, 2.24) is 10.2 Å². The third-order valence-corrected chi connectivity index (χ3v) is 2.45. The predicted molar refractivity (Wildman–Crippen MR) is 62.4 cm³/mol.